The van der Waals surface area contributed by atoms with Crippen molar-refractivity contribution in [3.63, 3.8) is 0 Å². The number of rotatable bonds is 5. The first kappa shape index (κ1) is 30.2. The molecule has 3 aromatic rings. The van der Waals surface area contributed by atoms with Gasteiger partial charge >= 0.3 is 0 Å². The number of fused-ring (bicyclic) bond motifs is 4. The summed E-state index contributed by atoms with van der Waals surface area (Å²) in [5, 5.41) is 47.7. The van der Waals surface area contributed by atoms with Crippen molar-refractivity contribution < 1.29 is 34.8 Å². The first-order chi connectivity index (χ1) is 21.9. The molecule has 4 aliphatic rings. The van der Waals surface area contributed by atoms with Gasteiger partial charge in [0.2, 0.25) is 5.78 Å². The second-order valence-corrected chi connectivity index (χ2v) is 13.2. The van der Waals surface area contributed by atoms with Gasteiger partial charge in [0.15, 0.2) is 11.4 Å². The number of hydrogen-bond donors (Lipinski definition) is 5. The van der Waals surface area contributed by atoms with Crippen LogP contribution in [0.2, 0.25) is 0 Å². The van der Waals surface area contributed by atoms with E-state index in [1.807, 2.05) is 12.1 Å². The maximum absolute atomic E-state index is 14.2. The van der Waals surface area contributed by atoms with Gasteiger partial charge in [0, 0.05) is 18.0 Å². The molecule has 0 aromatic heterocycles. The van der Waals surface area contributed by atoms with E-state index in [9.17, 15) is 34.8 Å². The van der Waals surface area contributed by atoms with Crippen LogP contribution in [0.15, 0.2) is 71.2 Å². The largest absolute Gasteiger partial charge is 0.510 e. The zero-order valence-corrected chi connectivity index (χ0v) is 25.8. The minimum atomic E-state index is -2.67. The highest BCUT2D eigenvalue weighted by atomic mass is 16.3. The lowest BCUT2D eigenvalue weighted by atomic mass is 9.58. The summed E-state index contributed by atoms with van der Waals surface area (Å²) < 4.78 is 0. The van der Waals surface area contributed by atoms with E-state index >= 15 is 0 Å². The molecule has 1 unspecified atom stereocenters. The molecule has 1 saturated heterocycles. The molecule has 10 nitrogen and oxygen atoms in total. The number of nitrogens with two attached hydrogens (primary N) is 1. The molecule has 4 atom stereocenters. The van der Waals surface area contributed by atoms with E-state index in [2.05, 4.69) is 29.2 Å². The number of aromatic hydroxyl groups is 1. The average molecular weight is 624 g/mol. The summed E-state index contributed by atoms with van der Waals surface area (Å²) in [7, 11) is 3.23. The highest BCUT2D eigenvalue weighted by Gasteiger charge is 2.63. The summed E-state index contributed by atoms with van der Waals surface area (Å²) in [6.07, 6.45) is 2.65. The molecule has 0 spiro atoms. The van der Waals surface area contributed by atoms with Crippen LogP contribution in [0.3, 0.4) is 0 Å². The van der Waals surface area contributed by atoms with E-state index in [-0.39, 0.29) is 29.7 Å². The number of allylic oxidation sites excluding steroid dienone is 1. The van der Waals surface area contributed by atoms with Crippen molar-refractivity contribution in [1.29, 1.82) is 0 Å². The zero-order chi connectivity index (χ0) is 32.7. The van der Waals surface area contributed by atoms with Gasteiger partial charge in [-0.25, -0.2) is 0 Å². The molecule has 1 heterocycles. The number of carbonyl (C=O) groups is 3. The molecule has 10 heteroatoms. The number of aliphatic hydroxyl groups excluding tert-OH is 2. The topological polar surface area (TPSA) is 165 Å². The Hall–Kier alpha value is -4.51. The second kappa shape index (κ2) is 10.8. The lowest BCUT2D eigenvalue weighted by Crippen LogP contribution is -2.63. The number of phenolic OH excluding ortho intramolecular Hbond substituents is 1. The number of primary amides is 1. The summed E-state index contributed by atoms with van der Waals surface area (Å²) in [4.78, 5) is 44.0. The maximum Gasteiger partial charge on any atom is 0.255 e. The Bertz CT molecular complexity index is 1900. The average Bonchev–Trinajstić information content (AvgIpc) is 3.52. The molecule has 1 aliphatic heterocycles. The van der Waals surface area contributed by atoms with Crippen LogP contribution < -0.4 is 5.73 Å². The number of hydrogen-bond acceptors (Lipinski definition) is 9. The zero-order valence-electron chi connectivity index (χ0n) is 25.8. The molecule has 238 valence electrons. The van der Waals surface area contributed by atoms with Crippen molar-refractivity contribution >= 4 is 28.2 Å². The van der Waals surface area contributed by atoms with E-state index in [1.165, 1.54) is 24.5 Å². The Labute approximate surface area is 266 Å². The third-order valence-electron chi connectivity index (χ3n) is 10.5. The lowest BCUT2D eigenvalue weighted by Gasteiger charge is -2.50. The Morgan fingerprint density at radius 2 is 1.65 bits per heavy atom. The Morgan fingerprint density at radius 1 is 0.978 bits per heavy atom. The number of phenols is 1. The fourth-order valence-electron chi connectivity index (χ4n) is 8.42. The van der Waals surface area contributed by atoms with Crippen molar-refractivity contribution in [3.8, 4) is 16.9 Å². The monoisotopic (exact) mass is 623 g/mol. The highest BCUT2D eigenvalue weighted by molar-refractivity contribution is 6.25. The minimum absolute atomic E-state index is 0.00325. The standard InChI is InChI=1S/C36H37N3O7/c1-38(2)30-25-16-19-15-24-23(22-10-9-18(17-39-13-5-6-14-39)20-7-3-4-8-21(20)22)11-12-26(40)28(24)31(41)27(19)33(43)36(25,46)34(44)29(32(30)42)35(37)45/h3-4,7-12,19,25,30,40,42-43,46H,5-6,13-17H2,1-2H3,(H2,37,45)/t19-,25-,30?,36-/m1/s1. The van der Waals surface area contributed by atoms with Crippen molar-refractivity contribution in [1.82, 2.24) is 9.80 Å². The predicted molar refractivity (Wildman–Crippen MR) is 171 cm³/mol. The van der Waals surface area contributed by atoms with E-state index in [4.69, 9.17) is 5.73 Å². The molecule has 46 heavy (non-hydrogen) atoms. The number of nitrogens with zero attached hydrogens (tertiary/aromatic N) is 2. The predicted octanol–water partition coefficient (Wildman–Crippen LogP) is 3.54. The van der Waals surface area contributed by atoms with Gasteiger partial charge in [-0.15, -0.1) is 0 Å². The van der Waals surface area contributed by atoms with Gasteiger partial charge in [0.05, 0.1) is 11.6 Å². The maximum atomic E-state index is 14.2. The van der Waals surface area contributed by atoms with Gasteiger partial charge in [-0.3, -0.25) is 24.2 Å². The summed E-state index contributed by atoms with van der Waals surface area (Å²) in [5.74, 6) is -6.65. The van der Waals surface area contributed by atoms with Crippen LogP contribution in [0.5, 0.6) is 5.75 Å². The molecule has 6 N–H and O–H groups in total. The third kappa shape index (κ3) is 4.24. The summed E-state index contributed by atoms with van der Waals surface area (Å²) in [6.45, 7) is 2.99. The van der Waals surface area contributed by atoms with Crippen molar-refractivity contribution in [2.45, 2.75) is 43.9 Å². The van der Waals surface area contributed by atoms with Crippen LogP contribution >= 0.6 is 0 Å². The molecular weight excluding hydrogens is 586 g/mol. The molecule has 3 aliphatic carbocycles. The number of likely N-dealkylation sites (tertiary alicyclic amines) is 1. The Morgan fingerprint density at radius 3 is 2.33 bits per heavy atom. The fraction of sp³-hybridized carbons (Fsp3) is 0.361. The quantitative estimate of drug-likeness (QED) is 0.268. The normalized spacial score (nSPS) is 26.5. The van der Waals surface area contributed by atoms with Crippen molar-refractivity contribution in [3.05, 3.63) is 87.9 Å². The molecule has 1 fully saturated rings. The van der Waals surface area contributed by atoms with Gasteiger partial charge in [-0.2, -0.15) is 0 Å². The Kier molecular flexibility index (Phi) is 7.08. The number of benzene rings is 3. The van der Waals surface area contributed by atoms with Crippen LogP contribution in [0.4, 0.5) is 0 Å². The van der Waals surface area contributed by atoms with Crippen LogP contribution in [-0.2, 0) is 22.6 Å². The molecule has 7 rings (SSSR count). The van der Waals surface area contributed by atoms with Gasteiger partial charge in [-0.1, -0.05) is 42.5 Å². The van der Waals surface area contributed by atoms with Crippen LogP contribution in [-0.4, -0.2) is 86.5 Å². The number of amides is 1. The van der Waals surface area contributed by atoms with Crippen LogP contribution in [0.25, 0.3) is 21.9 Å². The summed E-state index contributed by atoms with van der Waals surface area (Å²) in [5.41, 5.74) is 5.27. The number of ketones is 2. The summed E-state index contributed by atoms with van der Waals surface area (Å²) >= 11 is 0. The SMILES string of the molecule is CN(C)C1C(O)=C(C(N)=O)C(=O)[C@]2(O)C(O)=C3C(=O)c4c(O)ccc(-c5ccc(CN6CCCC6)c6ccccc56)c4C[C@@H]3C[C@H]12. The highest BCUT2D eigenvalue weighted by Crippen LogP contribution is 2.53. The van der Waals surface area contributed by atoms with Crippen LogP contribution in [0, 0.1) is 11.8 Å². The molecule has 1 amide bonds. The fourth-order valence-corrected chi connectivity index (χ4v) is 8.42. The number of likely N-dealkylation sites (N-methyl/N-ethyl adjacent to an activating group) is 1. The van der Waals surface area contributed by atoms with E-state index in [0.29, 0.717) is 5.56 Å². The molecule has 0 bridgehead atoms. The molecule has 3 aromatic carbocycles. The van der Waals surface area contributed by atoms with Gasteiger partial charge < -0.3 is 26.2 Å². The van der Waals surface area contributed by atoms with E-state index in [0.717, 1.165) is 41.5 Å². The van der Waals surface area contributed by atoms with Gasteiger partial charge in [-0.05, 0) is 97.9 Å². The van der Waals surface area contributed by atoms with Crippen molar-refractivity contribution in [2.24, 2.45) is 17.6 Å². The van der Waals surface area contributed by atoms with Gasteiger partial charge in [0.25, 0.3) is 5.91 Å². The molecule has 0 radical (unpaired) electrons. The lowest BCUT2D eigenvalue weighted by molar-refractivity contribution is -0.148. The van der Waals surface area contributed by atoms with Gasteiger partial charge in [0.1, 0.15) is 22.8 Å². The smallest absolute Gasteiger partial charge is 0.255 e. The number of Topliss-reactive ketones (excluding diaryl/α,β-unsaturated/α-hetero) is 2. The van der Waals surface area contributed by atoms with Crippen molar-refractivity contribution in [2.75, 3.05) is 27.2 Å². The third-order valence-corrected chi connectivity index (χ3v) is 10.5. The molecular formula is C36H37N3O7. The molecule has 0 saturated carbocycles. The minimum Gasteiger partial charge on any atom is -0.510 e. The number of aliphatic hydroxyl groups is 3. The van der Waals surface area contributed by atoms with E-state index in [1.54, 1.807) is 25.1 Å². The van der Waals surface area contributed by atoms with Crippen LogP contribution in [0.1, 0.15) is 40.7 Å². The van der Waals surface area contributed by atoms with E-state index < -0.39 is 58.0 Å². The second-order valence-electron chi connectivity index (χ2n) is 13.2. The Balaban J connectivity index is 1.38. The first-order valence-corrected chi connectivity index (χ1v) is 15.7. The first-order valence-electron chi connectivity index (χ1n) is 15.7. The summed E-state index contributed by atoms with van der Waals surface area (Å²) in [6, 6.07) is 14.5. The number of carbonyl (C=O) groups excluding carboxylic acids is 3.